The van der Waals surface area contributed by atoms with Crippen molar-refractivity contribution in [3.63, 3.8) is 0 Å². The summed E-state index contributed by atoms with van der Waals surface area (Å²) in [6.07, 6.45) is -0.624. The molecule has 0 aliphatic carbocycles. The van der Waals surface area contributed by atoms with Crippen LogP contribution in [0.4, 0.5) is 4.79 Å². The quantitative estimate of drug-likeness (QED) is 0.421. The van der Waals surface area contributed by atoms with Gasteiger partial charge in [0.25, 0.3) is 0 Å². The molecule has 2 N–H and O–H groups in total. The van der Waals surface area contributed by atoms with Gasteiger partial charge in [-0.2, -0.15) is 0 Å². The van der Waals surface area contributed by atoms with Gasteiger partial charge in [0.2, 0.25) is 0 Å². The Bertz CT molecular complexity index is 1330. The average molecular weight is 455 g/mol. The molecule has 1 heterocycles. The maximum absolute atomic E-state index is 11.5. The summed E-state index contributed by atoms with van der Waals surface area (Å²) in [5.41, 5.74) is 6.57. The molecule has 1 amide bonds. The first-order valence-electron chi connectivity index (χ1n) is 10.9. The van der Waals surface area contributed by atoms with Crippen LogP contribution in [0.25, 0.3) is 34.2 Å². The lowest BCUT2D eigenvalue weighted by atomic mass is 10.0. The third kappa shape index (κ3) is 4.73. The highest BCUT2D eigenvalue weighted by Gasteiger charge is 2.17. The van der Waals surface area contributed by atoms with Gasteiger partial charge in [0.05, 0.1) is 5.56 Å². The second-order valence-electron chi connectivity index (χ2n) is 8.26. The van der Waals surface area contributed by atoms with Crippen LogP contribution in [0, 0.1) is 27.7 Å². The molecule has 0 saturated heterocycles. The normalized spacial score (nSPS) is 10.7. The SMILES string of the molecule is CNC(=O)Oc1ccc(-c2nc(-c3ccc(C)cc3C)nc(-c3ccc(C)cc3C)n2)c(O)c1. The molecule has 4 rings (SSSR count). The van der Waals surface area contributed by atoms with Crippen LogP contribution in [-0.4, -0.2) is 33.2 Å². The maximum atomic E-state index is 11.5. The van der Waals surface area contributed by atoms with Gasteiger partial charge in [0.1, 0.15) is 11.5 Å². The first-order valence-corrected chi connectivity index (χ1v) is 10.9. The molecule has 172 valence electrons. The Morgan fingerprint density at radius 2 is 1.21 bits per heavy atom. The van der Waals surface area contributed by atoms with Crippen molar-refractivity contribution in [2.45, 2.75) is 27.7 Å². The predicted molar refractivity (Wildman–Crippen MR) is 132 cm³/mol. The number of nitrogens with zero attached hydrogens (tertiary/aromatic N) is 3. The van der Waals surface area contributed by atoms with E-state index in [0.717, 1.165) is 33.4 Å². The lowest BCUT2D eigenvalue weighted by molar-refractivity contribution is 0.203. The molecule has 0 aliphatic heterocycles. The van der Waals surface area contributed by atoms with Gasteiger partial charge in [0, 0.05) is 24.2 Å². The number of benzene rings is 3. The lowest BCUT2D eigenvalue weighted by Crippen LogP contribution is -2.21. The number of carbonyl (C=O) groups is 1. The fourth-order valence-electron chi connectivity index (χ4n) is 3.79. The molecule has 0 radical (unpaired) electrons. The molecule has 34 heavy (non-hydrogen) atoms. The van der Waals surface area contributed by atoms with Crippen molar-refractivity contribution in [2.24, 2.45) is 0 Å². The summed E-state index contributed by atoms with van der Waals surface area (Å²) in [5, 5.41) is 13.1. The van der Waals surface area contributed by atoms with E-state index in [2.05, 4.69) is 17.4 Å². The highest BCUT2D eigenvalue weighted by molar-refractivity contribution is 5.74. The van der Waals surface area contributed by atoms with Crippen molar-refractivity contribution in [1.82, 2.24) is 20.3 Å². The van der Waals surface area contributed by atoms with Crippen molar-refractivity contribution in [3.8, 4) is 45.7 Å². The second-order valence-corrected chi connectivity index (χ2v) is 8.26. The molecule has 3 aromatic carbocycles. The number of carbonyl (C=O) groups excluding carboxylic acids is 1. The van der Waals surface area contributed by atoms with Gasteiger partial charge in [0.15, 0.2) is 17.5 Å². The van der Waals surface area contributed by atoms with Crippen LogP contribution in [0.3, 0.4) is 0 Å². The molecule has 0 saturated carbocycles. The minimum atomic E-state index is -0.624. The van der Waals surface area contributed by atoms with Gasteiger partial charge in [-0.25, -0.2) is 19.7 Å². The summed E-state index contributed by atoms with van der Waals surface area (Å²) in [6, 6.07) is 16.8. The molecule has 0 aliphatic rings. The molecular weight excluding hydrogens is 428 g/mol. The van der Waals surface area contributed by atoms with Crippen LogP contribution in [0.1, 0.15) is 22.3 Å². The second kappa shape index (κ2) is 9.31. The van der Waals surface area contributed by atoms with Crippen LogP contribution < -0.4 is 10.1 Å². The highest BCUT2D eigenvalue weighted by Crippen LogP contribution is 2.34. The van der Waals surface area contributed by atoms with Crippen LogP contribution in [0.15, 0.2) is 54.6 Å². The van der Waals surface area contributed by atoms with E-state index in [-0.39, 0.29) is 11.5 Å². The van der Waals surface area contributed by atoms with Crippen LogP contribution in [-0.2, 0) is 0 Å². The number of hydrogen-bond donors (Lipinski definition) is 2. The number of amides is 1. The largest absolute Gasteiger partial charge is 0.507 e. The fourth-order valence-corrected chi connectivity index (χ4v) is 3.79. The van der Waals surface area contributed by atoms with Crippen LogP contribution in [0.5, 0.6) is 11.5 Å². The zero-order valence-corrected chi connectivity index (χ0v) is 19.8. The highest BCUT2D eigenvalue weighted by atomic mass is 16.6. The Hall–Kier alpha value is -4.26. The van der Waals surface area contributed by atoms with Crippen molar-refractivity contribution < 1.29 is 14.6 Å². The zero-order chi connectivity index (χ0) is 24.4. The number of rotatable bonds is 4. The Balaban J connectivity index is 1.89. The predicted octanol–water partition coefficient (Wildman–Crippen LogP) is 5.53. The number of phenolic OH excluding ortho intramolecular Hbond substituents is 1. The Kier molecular flexibility index (Phi) is 6.27. The van der Waals surface area contributed by atoms with Crippen molar-refractivity contribution >= 4 is 6.09 Å². The molecular formula is C27H26N4O3. The summed E-state index contributed by atoms with van der Waals surface area (Å²) >= 11 is 0. The molecule has 0 spiro atoms. The van der Waals surface area contributed by atoms with E-state index in [0.29, 0.717) is 23.0 Å². The molecule has 7 nitrogen and oxygen atoms in total. The summed E-state index contributed by atoms with van der Waals surface area (Å²) in [5.74, 6) is 1.46. The van der Waals surface area contributed by atoms with Crippen LogP contribution >= 0.6 is 0 Å². The van der Waals surface area contributed by atoms with E-state index < -0.39 is 6.09 Å². The number of ether oxygens (including phenoxy) is 1. The topological polar surface area (TPSA) is 97.2 Å². The first-order chi connectivity index (χ1) is 16.2. The van der Waals surface area contributed by atoms with Gasteiger partial charge in [-0.15, -0.1) is 0 Å². The molecule has 0 fully saturated rings. The van der Waals surface area contributed by atoms with E-state index >= 15 is 0 Å². The number of hydrogen-bond acceptors (Lipinski definition) is 6. The van der Waals surface area contributed by atoms with Gasteiger partial charge in [-0.1, -0.05) is 47.5 Å². The number of nitrogens with one attached hydrogen (secondary N) is 1. The first kappa shape index (κ1) is 22.9. The molecule has 0 unspecified atom stereocenters. The smallest absolute Gasteiger partial charge is 0.412 e. The van der Waals surface area contributed by atoms with Gasteiger partial charge >= 0.3 is 6.09 Å². The number of aromatic hydroxyl groups is 1. The molecule has 7 heteroatoms. The van der Waals surface area contributed by atoms with E-state index in [9.17, 15) is 9.90 Å². The van der Waals surface area contributed by atoms with E-state index in [1.54, 1.807) is 12.1 Å². The molecule has 1 aromatic heterocycles. The Morgan fingerprint density at radius 3 is 1.65 bits per heavy atom. The van der Waals surface area contributed by atoms with Crippen LogP contribution in [0.2, 0.25) is 0 Å². The lowest BCUT2D eigenvalue weighted by Gasteiger charge is -2.13. The number of aryl methyl sites for hydroxylation is 4. The van der Waals surface area contributed by atoms with E-state index in [1.807, 2.05) is 52.0 Å². The van der Waals surface area contributed by atoms with Crippen molar-refractivity contribution in [2.75, 3.05) is 7.05 Å². The zero-order valence-electron chi connectivity index (χ0n) is 19.8. The van der Waals surface area contributed by atoms with Gasteiger partial charge in [-0.3, -0.25) is 0 Å². The monoisotopic (exact) mass is 454 g/mol. The van der Waals surface area contributed by atoms with E-state index in [4.69, 9.17) is 19.7 Å². The third-order valence-corrected chi connectivity index (χ3v) is 5.51. The van der Waals surface area contributed by atoms with Crippen molar-refractivity contribution in [1.29, 1.82) is 0 Å². The Morgan fingerprint density at radius 1 is 0.735 bits per heavy atom. The third-order valence-electron chi connectivity index (χ3n) is 5.51. The molecule has 0 bridgehead atoms. The Labute approximate surface area is 198 Å². The molecule has 0 atom stereocenters. The summed E-state index contributed by atoms with van der Waals surface area (Å²) in [4.78, 5) is 25.7. The standard InChI is InChI=1S/C27H26N4O3/c1-15-6-9-20(17(3)12-15)24-29-25(21-10-7-16(2)13-18(21)4)31-26(30-24)22-11-8-19(14-23(22)32)34-27(33)28-5/h6-14,32H,1-5H3,(H,28,33). The fraction of sp³-hybridized carbons (Fsp3) is 0.185. The average Bonchev–Trinajstić information content (AvgIpc) is 2.78. The maximum Gasteiger partial charge on any atom is 0.412 e. The van der Waals surface area contributed by atoms with Crippen molar-refractivity contribution in [3.05, 3.63) is 76.9 Å². The summed E-state index contributed by atoms with van der Waals surface area (Å²) in [6.45, 7) is 8.12. The number of phenols is 1. The summed E-state index contributed by atoms with van der Waals surface area (Å²) in [7, 11) is 1.46. The minimum absolute atomic E-state index is 0.106. The number of aromatic nitrogens is 3. The van der Waals surface area contributed by atoms with Gasteiger partial charge < -0.3 is 15.2 Å². The van der Waals surface area contributed by atoms with Gasteiger partial charge in [-0.05, 0) is 51.0 Å². The molecule has 4 aromatic rings. The summed E-state index contributed by atoms with van der Waals surface area (Å²) < 4.78 is 5.11. The van der Waals surface area contributed by atoms with E-state index in [1.165, 1.54) is 13.1 Å². The minimum Gasteiger partial charge on any atom is -0.507 e.